The maximum Gasteiger partial charge on any atom is 0.506 e. The van der Waals surface area contributed by atoms with Gasteiger partial charge >= 0.3 is 14.8 Å². The van der Waals surface area contributed by atoms with E-state index in [-0.39, 0.29) is 66.6 Å². The molecule has 0 aliphatic carbocycles. The van der Waals surface area contributed by atoms with Crippen LogP contribution in [0.25, 0.3) is 22.3 Å². The van der Waals surface area contributed by atoms with Crippen molar-refractivity contribution >= 4 is 60.7 Å². The summed E-state index contributed by atoms with van der Waals surface area (Å²) in [5.74, 6) is -1.31. The number of carbonyl (C=O) groups excluding carboxylic acids is 2. The number of carbonyl (C=O) groups is 3. The van der Waals surface area contributed by atoms with Gasteiger partial charge in [-0.1, -0.05) is 39.0 Å². The number of carboxylic acid groups (broad SMARTS) is 1. The van der Waals surface area contributed by atoms with E-state index in [1.165, 1.54) is 28.1 Å². The molecule has 1 unspecified atom stereocenters. The quantitative estimate of drug-likeness (QED) is 0.0609. The van der Waals surface area contributed by atoms with Crippen LogP contribution in [0.1, 0.15) is 62.8 Å². The first-order chi connectivity index (χ1) is 28.9. The first-order valence-electron chi connectivity index (χ1n) is 18.7. The van der Waals surface area contributed by atoms with Gasteiger partial charge in [-0.3, -0.25) is 33.8 Å². The molecular formula is C36H39FN11O11P. The Morgan fingerprint density at radius 2 is 1.80 bits per heavy atom. The van der Waals surface area contributed by atoms with E-state index in [0.717, 1.165) is 0 Å². The number of nitrogens with one attached hydrogen (secondary N) is 3. The minimum Gasteiger partial charge on any atom is -0.450 e. The van der Waals surface area contributed by atoms with Crippen LogP contribution in [0.15, 0.2) is 54.1 Å². The number of rotatable bonds is 16. The molecule has 2 aliphatic heterocycles. The monoisotopic (exact) mass is 851 g/mol. The Balaban J connectivity index is 1.10. The summed E-state index contributed by atoms with van der Waals surface area (Å²) in [5, 5.41) is 24.1. The molecule has 7 rings (SSSR count). The maximum absolute atomic E-state index is 16.2. The van der Waals surface area contributed by atoms with Gasteiger partial charge in [0.25, 0.3) is 11.5 Å². The predicted octanol–water partition coefficient (Wildman–Crippen LogP) is 4.36. The first kappa shape index (κ1) is 42.1. The Morgan fingerprint density at radius 3 is 2.52 bits per heavy atom. The number of ether oxygens (including phenoxy) is 3. The highest BCUT2D eigenvalue weighted by Crippen LogP contribution is 2.49. The molecule has 0 bridgehead atoms. The molecule has 316 valence electrons. The summed E-state index contributed by atoms with van der Waals surface area (Å²) in [5.41, 5.74) is 0.00585. The smallest absolute Gasteiger partial charge is 0.450 e. The SMILES string of the molecule is CC[C@H]1O[C@@H](n2cnc3c(=O)[nH]c(NC(=O)C(C)C)nc32)[C@H](OP(OCCC#N)OC[C@@H]2C[C@@H](OC(=O)O)[C@H](n3cnc4c(NC(=O)c5ccccc5)ncnc43)O2)[C@@H]1F. The van der Waals surface area contributed by atoms with E-state index in [0.29, 0.717) is 5.56 Å². The second kappa shape index (κ2) is 18.5. The van der Waals surface area contributed by atoms with Gasteiger partial charge in [0, 0.05) is 17.9 Å². The Labute approximate surface area is 340 Å². The molecule has 5 aromatic rings. The molecule has 0 radical (unpaired) electrons. The average Bonchev–Trinajstić information content (AvgIpc) is 4.02. The predicted molar refractivity (Wildman–Crippen MR) is 206 cm³/mol. The van der Waals surface area contributed by atoms with E-state index in [2.05, 4.69) is 40.5 Å². The van der Waals surface area contributed by atoms with Crippen molar-refractivity contribution in [2.24, 2.45) is 5.92 Å². The zero-order valence-electron chi connectivity index (χ0n) is 32.2. The molecule has 1 aromatic carbocycles. The zero-order chi connectivity index (χ0) is 42.5. The fourth-order valence-electron chi connectivity index (χ4n) is 6.50. The third-order valence-electron chi connectivity index (χ3n) is 9.42. The summed E-state index contributed by atoms with van der Waals surface area (Å²) < 4.78 is 54.4. The Hall–Kier alpha value is -6.02. The number of benzene rings is 1. The molecule has 4 N–H and O–H groups in total. The minimum atomic E-state index is -2.45. The molecule has 4 aromatic heterocycles. The van der Waals surface area contributed by atoms with Gasteiger partial charge < -0.3 is 38.2 Å². The molecule has 2 aliphatic rings. The summed E-state index contributed by atoms with van der Waals surface area (Å²) in [6.07, 6.45) is -6.03. The van der Waals surface area contributed by atoms with Crippen molar-refractivity contribution in [3.8, 4) is 6.07 Å². The molecule has 2 fully saturated rings. The van der Waals surface area contributed by atoms with Gasteiger partial charge in [-0.05, 0) is 18.6 Å². The maximum atomic E-state index is 16.2. The summed E-state index contributed by atoms with van der Waals surface area (Å²) in [4.78, 5) is 73.8. The normalized spacial score (nSPS) is 23.2. The van der Waals surface area contributed by atoms with Crippen LogP contribution in [0.4, 0.5) is 21.0 Å². The van der Waals surface area contributed by atoms with Crippen LogP contribution in [0, 0.1) is 17.2 Å². The van der Waals surface area contributed by atoms with E-state index in [9.17, 15) is 29.5 Å². The summed E-state index contributed by atoms with van der Waals surface area (Å²) in [7, 11) is -2.45. The molecule has 22 nitrogen and oxygen atoms in total. The number of anilines is 2. The fourth-order valence-corrected chi connectivity index (χ4v) is 7.64. The van der Waals surface area contributed by atoms with Gasteiger partial charge in [0.15, 0.2) is 52.9 Å². The molecule has 6 heterocycles. The van der Waals surface area contributed by atoms with Crippen molar-refractivity contribution in [2.75, 3.05) is 23.8 Å². The summed E-state index contributed by atoms with van der Waals surface area (Å²) in [6, 6.07) is 10.4. The number of aromatic nitrogens is 8. The lowest BCUT2D eigenvalue weighted by Gasteiger charge is -2.26. The van der Waals surface area contributed by atoms with Crippen molar-refractivity contribution in [3.05, 3.63) is 65.2 Å². The van der Waals surface area contributed by atoms with Crippen LogP contribution < -0.4 is 16.2 Å². The third kappa shape index (κ3) is 9.08. The number of H-pyrrole nitrogens is 1. The van der Waals surface area contributed by atoms with Crippen molar-refractivity contribution in [3.63, 3.8) is 0 Å². The van der Waals surface area contributed by atoms with E-state index in [1.807, 2.05) is 6.07 Å². The van der Waals surface area contributed by atoms with Crippen LogP contribution >= 0.6 is 8.60 Å². The van der Waals surface area contributed by atoms with Crippen LogP contribution in [-0.4, -0.2) is 106 Å². The standard InChI is InChI=1S/C36H39FN11O11P/c1-4-21-23(37)26(34(57-21)48-17-42-25-29(48)44-35(46-32(25)51)45-30(49)18(2)3)59-60(54-12-8-11-38)55-14-20-13-22(58-36(52)53)33(56-20)47-16-41-24-27(39-15-40-28(24)47)43-31(50)19-9-6-5-7-10-19/h5-7,9-10,15-18,20-23,26,33-34H,4,8,12-14H2,1-3H3,(H,52,53)(H,39,40,43,50)(H2,44,45,46,49,51)/t20-,21+,22+,23+,26+,33+,34+,60?/m0/s1. The van der Waals surface area contributed by atoms with Crippen molar-refractivity contribution in [2.45, 2.75) is 83.1 Å². The van der Waals surface area contributed by atoms with E-state index < -0.39 is 81.1 Å². The van der Waals surface area contributed by atoms with Crippen LogP contribution in [-0.2, 0) is 32.6 Å². The minimum absolute atomic E-state index is 0.0174. The number of halogens is 1. The highest BCUT2D eigenvalue weighted by atomic mass is 31.2. The fraction of sp³-hybridized carbons (Fsp3) is 0.444. The lowest BCUT2D eigenvalue weighted by molar-refractivity contribution is -0.118. The van der Waals surface area contributed by atoms with Gasteiger partial charge in [-0.15, -0.1) is 0 Å². The molecule has 24 heteroatoms. The van der Waals surface area contributed by atoms with Crippen molar-refractivity contribution < 1.29 is 51.7 Å². The summed E-state index contributed by atoms with van der Waals surface area (Å²) in [6.45, 7) is 4.62. The molecule has 0 spiro atoms. The van der Waals surface area contributed by atoms with Gasteiger partial charge in [-0.25, -0.2) is 29.1 Å². The van der Waals surface area contributed by atoms with Gasteiger partial charge in [0.05, 0.1) is 50.6 Å². The number of nitrogens with zero attached hydrogens (tertiary/aromatic N) is 8. The van der Waals surface area contributed by atoms with E-state index >= 15 is 4.39 Å². The van der Waals surface area contributed by atoms with Gasteiger partial charge in [-0.2, -0.15) is 10.2 Å². The van der Waals surface area contributed by atoms with E-state index in [1.54, 1.807) is 51.1 Å². The highest BCUT2D eigenvalue weighted by molar-refractivity contribution is 7.41. The first-order valence-corrected chi connectivity index (χ1v) is 19.8. The molecule has 0 saturated carbocycles. The number of amides is 2. The Bertz CT molecular complexity index is 2450. The van der Waals surface area contributed by atoms with E-state index in [4.69, 9.17) is 27.8 Å². The zero-order valence-corrected chi connectivity index (χ0v) is 33.1. The third-order valence-corrected chi connectivity index (χ3v) is 10.6. The van der Waals surface area contributed by atoms with Crippen LogP contribution in [0.5, 0.6) is 0 Å². The molecular weight excluding hydrogens is 812 g/mol. The van der Waals surface area contributed by atoms with Crippen molar-refractivity contribution in [1.82, 2.24) is 39.0 Å². The molecule has 2 saturated heterocycles. The number of aromatic amines is 1. The summed E-state index contributed by atoms with van der Waals surface area (Å²) >= 11 is 0. The number of nitriles is 1. The lowest BCUT2D eigenvalue weighted by Crippen LogP contribution is -2.30. The number of hydrogen-bond acceptors (Lipinski definition) is 16. The number of fused-ring (bicyclic) bond motifs is 2. The Morgan fingerprint density at radius 1 is 1.05 bits per heavy atom. The van der Waals surface area contributed by atoms with Crippen LogP contribution in [0.2, 0.25) is 0 Å². The average molecular weight is 852 g/mol. The molecule has 8 atom stereocenters. The largest absolute Gasteiger partial charge is 0.506 e. The number of imidazole rings is 2. The Kier molecular flexibility index (Phi) is 13.0. The van der Waals surface area contributed by atoms with Crippen molar-refractivity contribution in [1.29, 1.82) is 5.26 Å². The number of hydrogen-bond donors (Lipinski definition) is 4. The molecule has 60 heavy (non-hydrogen) atoms. The lowest BCUT2D eigenvalue weighted by atomic mass is 10.1. The van der Waals surface area contributed by atoms with Gasteiger partial charge in [0.1, 0.15) is 12.4 Å². The van der Waals surface area contributed by atoms with Crippen LogP contribution in [0.3, 0.4) is 0 Å². The topological polar surface area (TPSA) is 282 Å². The second-order valence-electron chi connectivity index (χ2n) is 13.8. The number of alkyl halides is 1. The second-order valence-corrected chi connectivity index (χ2v) is 15.0. The highest BCUT2D eigenvalue weighted by Gasteiger charge is 2.49. The molecule has 2 amide bonds. The van der Waals surface area contributed by atoms with Gasteiger partial charge in [0.2, 0.25) is 11.9 Å².